The Balaban J connectivity index is 1.92. The van der Waals surface area contributed by atoms with Gasteiger partial charge in [-0.15, -0.1) is 0 Å². The first-order valence-corrected chi connectivity index (χ1v) is 10.2. The van der Waals surface area contributed by atoms with Crippen LogP contribution in [-0.2, 0) is 22.7 Å². The third kappa shape index (κ3) is 7.11. The van der Waals surface area contributed by atoms with Crippen LogP contribution in [0.5, 0.6) is 0 Å². The number of azo groups is 1. The fourth-order valence-corrected chi connectivity index (χ4v) is 2.59. The summed E-state index contributed by atoms with van der Waals surface area (Å²) in [6.45, 7) is 7.29. The van der Waals surface area contributed by atoms with E-state index in [0.717, 1.165) is 11.1 Å². The van der Waals surface area contributed by atoms with Crippen molar-refractivity contribution < 1.29 is 9.59 Å². The number of carbonyl (C=O) groups excluding carboxylic acids is 2. The Morgan fingerprint density at radius 3 is 1.30 bits per heavy atom. The maximum atomic E-state index is 12.5. The molecule has 0 saturated heterocycles. The number of amides is 2. The van der Waals surface area contributed by atoms with Gasteiger partial charge in [0.05, 0.1) is 0 Å². The maximum Gasteiger partial charge on any atom is 0.249 e. The number of nitrogens with zero attached hydrogens (tertiary/aromatic N) is 2. The van der Waals surface area contributed by atoms with E-state index in [1.165, 1.54) is 0 Å². The summed E-state index contributed by atoms with van der Waals surface area (Å²) in [5, 5.41) is 15.2. The first kappa shape index (κ1) is 23.8. The van der Waals surface area contributed by atoms with Crippen LogP contribution in [-0.4, -0.2) is 22.9 Å². The molecule has 0 atom stereocenters. The van der Waals surface area contributed by atoms with Crippen molar-refractivity contribution in [3.63, 3.8) is 0 Å². The summed E-state index contributed by atoms with van der Waals surface area (Å²) in [5.41, 5.74) is -0.412. The van der Waals surface area contributed by atoms with Crippen molar-refractivity contribution in [1.82, 2.24) is 10.6 Å². The fraction of sp³-hybridized carbons (Fsp3) is 0.364. The molecule has 0 saturated carbocycles. The summed E-state index contributed by atoms with van der Waals surface area (Å²) in [6.07, 6.45) is 0. The summed E-state index contributed by atoms with van der Waals surface area (Å²) >= 11 is 11.7. The summed E-state index contributed by atoms with van der Waals surface area (Å²) in [7, 11) is 0. The Kier molecular flexibility index (Phi) is 7.98. The van der Waals surface area contributed by atoms with E-state index in [4.69, 9.17) is 23.2 Å². The van der Waals surface area contributed by atoms with Crippen LogP contribution in [0.25, 0.3) is 0 Å². The van der Waals surface area contributed by atoms with Crippen LogP contribution in [0.3, 0.4) is 0 Å². The molecular weight excluding hydrogens is 423 g/mol. The Morgan fingerprint density at radius 1 is 0.700 bits per heavy atom. The lowest BCUT2D eigenvalue weighted by Crippen LogP contribution is -2.43. The van der Waals surface area contributed by atoms with Crippen molar-refractivity contribution in [2.24, 2.45) is 10.2 Å². The molecule has 0 aliphatic carbocycles. The van der Waals surface area contributed by atoms with E-state index in [0.29, 0.717) is 23.1 Å². The van der Waals surface area contributed by atoms with Gasteiger partial charge in [-0.25, -0.2) is 0 Å². The topological polar surface area (TPSA) is 82.9 Å². The highest BCUT2D eigenvalue weighted by atomic mass is 35.5. The fourth-order valence-electron chi connectivity index (χ4n) is 2.34. The molecule has 2 aromatic rings. The lowest BCUT2D eigenvalue weighted by molar-refractivity contribution is -0.127. The standard InChI is InChI=1S/C22H26Cl2N4O2/c1-21(2,19(29)25-13-15-5-9-17(23)10-6-15)27-28-22(3,4)20(30)26-14-16-7-11-18(24)12-8-16/h5-12H,13-14H2,1-4H3,(H,25,29)(H,26,30). The van der Waals surface area contributed by atoms with E-state index in [1.54, 1.807) is 52.0 Å². The number of benzene rings is 2. The van der Waals surface area contributed by atoms with Crippen LogP contribution in [0, 0.1) is 0 Å². The lowest BCUT2D eigenvalue weighted by atomic mass is 10.0. The van der Waals surface area contributed by atoms with E-state index in [2.05, 4.69) is 20.9 Å². The van der Waals surface area contributed by atoms with Gasteiger partial charge in [0.15, 0.2) is 11.1 Å². The highest BCUT2D eigenvalue weighted by Gasteiger charge is 2.32. The van der Waals surface area contributed by atoms with Crippen molar-refractivity contribution in [1.29, 1.82) is 0 Å². The molecule has 0 aliphatic rings. The summed E-state index contributed by atoms with van der Waals surface area (Å²) < 4.78 is 0. The molecule has 6 nitrogen and oxygen atoms in total. The molecule has 0 radical (unpaired) electrons. The molecule has 2 N–H and O–H groups in total. The average Bonchev–Trinajstić information content (AvgIpc) is 2.71. The van der Waals surface area contributed by atoms with Gasteiger partial charge in [-0.1, -0.05) is 47.5 Å². The van der Waals surface area contributed by atoms with Gasteiger partial charge in [-0.2, -0.15) is 10.2 Å². The van der Waals surface area contributed by atoms with Crippen LogP contribution in [0.4, 0.5) is 0 Å². The van der Waals surface area contributed by atoms with E-state index < -0.39 is 11.1 Å². The second kappa shape index (κ2) is 10.0. The molecule has 8 heteroatoms. The van der Waals surface area contributed by atoms with E-state index in [9.17, 15) is 9.59 Å². The molecule has 0 bridgehead atoms. The highest BCUT2D eigenvalue weighted by Crippen LogP contribution is 2.18. The Hall–Kier alpha value is -2.44. The molecule has 30 heavy (non-hydrogen) atoms. The zero-order valence-corrected chi connectivity index (χ0v) is 19.0. The molecular formula is C22H26Cl2N4O2. The van der Waals surface area contributed by atoms with Gasteiger partial charge in [-0.05, 0) is 63.1 Å². The molecule has 160 valence electrons. The van der Waals surface area contributed by atoms with Gasteiger partial charge >= 0.3 is 0 Å². The van der Waals surface area contributed by atoms with Crippen molar-refractivity contribution in [3.8, 4) is 0 Å². The Bertz CT molecular complexity index is 832. The van der Waals surface area contributed by atoms with E-state index in [1.807, 2.05) is 24.3 Å². The normalized spacial score (nSPS) is 12.1. The summed E-state index contributed by atoms with van der Waals surface area (Å²) in [6, 6.07) is 14.4. The number of rotatable bonds is 8. The lowest BCUT2D eigenvalue weighted by Gasteiger charge is -2.22. The molecule has 0 fully saturated rings. The SMILES string of the molecule is CC(C)(N=NC(C)(C)C(=O)NCc1ccc(Cl)cc1)C(=O)NCc1ccc(Cl)cc1. The van der Waals surface area contributed by atoms with Gasteiger partial charge in [0.1, 0.15) is 0 Å². The monoisotopic (exact) mass is 448 g/mol. The minimum atomic E-state index is -1.12. The van der Waals surface area contributed by atoms with Crippen LogP contribution >= 0.6 is 23.2 Å². The number of hydrogen-bond acceptors (Lipinski definition) is 4. The summed E-state index contributed by atoms with van der Waals surface area (Å²) in [5.74, 6) is -0.586. The first-order valence-electron chi connectivity index (χ1n) is 9.49. The third-order valence-electron chi connectivity index (χ3n) is 4.39. The van der Waals surface area contributed by atoms with E-state index in [-0.39, 0.29) is 11.8 Å². The quantitative estimate of drug-likeness (QED) is 0.560. The van der Waals surface area contributed by atoms with Gasteiger partial charge in [0.2, 0.25) is 11.8 Å². The van der Waals surface area contributed by atoms with Gasteiger partial charge < -0.3 is 10.6 Å². The number of halogens is 2. The molecule has 0 heterocycles. The smallest absolute Gasteiger partial charge is 0.249 e. The van der Waals surface area contributed by atoms with Crippen molar-refractivity contribution in [2.75, 3.05) is 0 Å². The molecule has 2 rings (SSSR count). The molecule has 2 aromatic carbocycles. The van der Waals surface area contributed by atoms with Gasteiger partial charge in [0.25, 0.3) is 0 Å². The van der Waals surface area contributed by atoms with Crippen LogP contribution in [0.1, 0.15) is 38.8 Å². The minimum Gasteiger partial charge on any atom is -0.350 e. The minimum absolute atomic E-state index is 0.293. The largest absolute Gasteiger partial charge is 0.350 e. The first-order chi connectivity index (χ1) is 14.0. The second-order valence-electron chi connectivity index (χ2n) is 7.94. The van der Waals surface area contributed by atoms with Crippen LogP contribution in [0.2, 0.25) is 10.0 Å². The van der Waals surface area contributed by atoms with Gasteiger partial charge in [-0.3, -0.25) is 9.59 Å². The summed E-state index contributed by atoms with van der Waals surface area (Å²) in [4.78, 5) is 25.1. The second-order valence-corrected chi connectivity index (χ2v) is 8.81. The Labute approximate surface area is 187 Å². The van der Waals surface area contributed by atoms with Crippen molar-refractivity contribution in [3.05, 3.63) is 69.7 Å². The number of nitrogens with one attached hydrogen (secondary N) is 2. The predicted octanol–water partition coefficient (Wildman–Crippen LogP) is 4.94. The molecule has 0 unspecified atom stereocenters. The van der Waals surface area contributed by atoms with Crippen LogP contribution < -0.4 is 10.6 Å². The predicted molar refractivity (Wildman–Crippen MR) is 120 cm³/mol. The van der Waals surface area contributed by atoms with Crippen molar-refractivity contribution in [2.45, 2.75) is 51.9 Å². The number of carbonyl (C=O) groups is 2. The van der Waals surface area contributed by atoms with Crippen LogP contribution in [0.15, 0.2) is 58.8 Å². The molecule has 0 aliphatic heterocycles. The highest BCUT2D eigenvalue weighted by molar-refractivity contribution is 6.30. The molecule has 0 aromatic heterocycles. The molecule has 0 spiro atoms. The average molecular weight is 449 g/mol. The molecule has 2 amide bonds. The van der Waals surface area contributed by atoms with Crippen molar-refractivity contribution >= 4 is 35.0 Å². The zero-order chi connectivity index (χ0) is 22.4. The van der Waals surface area contributed by atoms with E-state index >= 15 is 0 Å². The third-order valence-corrected chi connectivity index (χ3v) is 4.90. The maximum absolute atomic E-state index is 12.5. The zero-order valence-electron chi connectivity index (χ0n) is 17.5. The number of hydrogen-bond donors (Lipinski definition) is 2. The Morgan fingerprint density at radius 2 is 1.00 bits per heavy atom. The van der Waals surface area contributed by atoms with Gasteiger partial charge in [0, 0.05) is 23.1 Å².